The van der Waals surface area contributed by atoms with Crippen molar-refractivity contribution in [3.8, 4) is 0 Å². The Kier molecular flexibility index (Phi) is 3.80. The van der Waals surface area contributed by atoms with E-state index in [-0.39, 0.29) is 4.83 Å². The van der Waals surface area contributed by atoms with Gasteiger partial charge in [0.05, 0.1) is 4.83 Å². The zero-order valence-electron chi connectivity index (χ0n) is 6.44. The van der Waals surface area contributed by atoms with Gasteiger partial charge in [-0.3, -0.25) is 4.79 Å². The Labute approximate surface area is 79.7 Å². The first-order chi connectivity index (χ1) is 5.84. The lowest BCUT2D eigenvalue weighted by Crippen LogP contribution is -1.99. The fraction of sp³-hybridized carbons (Fsp3) is 0.222. The molecule has 1 atom stereocenters. The van der Waals surface area contributed by atoms with Gasteiger partial charge in [-0.25, -0.2) is 0 Å². The van der Waals surface area contributed by atoms with Crippen LogP contribution in [0.4, 0.5) is 0 Å². The summed E-state index contributed by atoms with van der Waals surface area (Å²) in [6.45, 7) is 0.824. The standard InChI is InChI=1S/C9H9BrO2/c10-9(6-12-7-11)8-4-2-1-3-5-8/h1-5,7,9H,6H2/t9-/m1/s1. The first-order valence-corrected chi connectivity index (χ1v) is 4.50. The molecule has 64 valence electrons. The maximum Gasteiger partial charge on any atom is 0.293 e. The Bertz CT molecular complexity index is 236. The topological polar surface area (TPSA) is 26.3 Å². The summed E-state index contributed by atoms with van der Waals surface area (Å²) in [5.41, 5.74) is 1.11. The smallest absolute Gasteiger partial charge is 0.293 e. The van der Waals surface area contributed by atoms with Gasteiger partial charge < -0.3 is 4.74 Å². The molecule has 0 amide bonds. The van der Waals surface area contributed by atoms with Gasteiger partial charge in [-0.15, -0.1) is 0 Å². The second-order valence-corrected chi connectivity index (χ2v) is 3.41. The number of carbonyl (C=O) groups excluding carboxylic acids is 1. The number of rotatable bonds is 4. The molecule has 0 aliphatic heterocycles. The van der Waals surface area contributed by atoms with Gasteiger partial charge in [0, 0.05) is 0 Å². The minimum Gasteiger partial charge on any atom is -0.466 e. The highest BCUT2D eigenvalue weighted by molar-refractivity contribution is 9.09. The highest BCUT2D eigenvalue weighted by Crippen LogP contribution is 2.21. The SMILES string of the molecule is O=COC[C@@H](Br)c1ccccc1. The Morgan fingerprint density at radius 1 is 1.42 bits per heavy atom. The summed E-state index contributed by atoms with van der Waals surface area (Å²) in [4.78, 5) is 9.98. The van der Waals surface area contributed by atoms with Gasteiger partial charge in [0.1, 0.15) is 6.61 Å². The van der Waals surface area contributed by atoms with Crippen molar-refractivity contribution < 1.29 is 9.53 Å². The summed E-state index contributed by atoms with van der Waals surface area (Å²) in [7, 11) is 0. The first kappa shape index (κ1) is 9.26. The highest BCUT2D eigenvalue weighted by Gasteiger charge is 2.05. The van der Waals surface area contributed by atoms with Gasteiger partial charge in [0.2, 0.25) is 0 Å². The van der Waals surface area contributed by atoms with Crippen LogP contribution in [0.25, 0.3) is 0 Å². The summed E-state index contributed by atoms with van der Waals surface area (Å²) >= 11 is 3.40. The predicted molar refractivity (Wildman–Crippen MR) is 50.1 cm³/mol. The highest BCUT2D eigenvalue weighted by atomic mass is 79.9. The van der Waals surface area contributed by atoms with E-state index >= 15 is 0 Å². The van der Waals surface area contributed by atoms with Crippen LogP contribution in [-0.2, 0) is 9.53 Å². The van der Waals surface area contributed by atoms with Crippen LogP contribution in [0.1, 0.15) is 10.4 Å². The molecule has 0 saturated heterocycles. The molecule has 0 spiro atoms. The molecule has 0 aliphatic rings. The van der Waals surface area contributed by atoms with Crippen molar-refractivity contribution in [2.24, 2.45) is 0 Å². The summed E-state index contributed by atoms with van der Waals surface area (Å²) in [5.74, 6) is 0. The number of hydrogen-bond donors (Lipinski definition) is 0. The Balaban J connectivity index is 2.53. The number of ether oxygens (including phenoxy) is 1. The number of hydrogen-bond acceptors (Lipinski definition) is 2. The van der Waals surface area contributed by atoms with Crippen LogP contribution in [0.3, 0.4) is 0 Å². The minimum atomic E-state index is 0.0869. The summed E-state index contributed by atoms with van der Waals surface area (Å²) in [6.07, 6.45) is 0. The third-order valence-electron chi connectivity index (χ3n) is 1.47. The Hall–Kier alpha value is -0.830. The average molecular weight is 229 g/mol. The molecular weight excluding hydrogens is 220 g/mol. The molecule has 1 aromatic carbocycles. The summed E-state index contributed by atoms with van der Waals surface area (Å²) < 4.78 is 4.62. The third-order valence-corrected chi connectivity index (χ3v) is 2.26. The van der Waals surface area contributed by atoms with Crippen LogP contribution in [0.5, 0.6) is 0 Å². The number of benzene rings is 1. The molecule has 0 heterocycles. The molecule has 2 nitrogen and oxygen atoms in total. The second-order valence-electron chi connectivity index (χ2n) is 2.31. The fourth-order valence-electron chi connectivity index (χ4n) is 0.882. The monoisotopic (exact) mass is 228 g/mol. The number of halogens is 1. The minimum absolute atomic E-state index is 0.0869. The van der Waals surface area contributed by atoms with Gasteiger partial charge in [-0.1, -0.05) is 46.3 Å². The largest absolute Gasteiger partial charge is 0.466 e. The Morgan fingerprint density at radius 3 is 2.67 bits per heavy atom. The van der Waals surface area contributed by atoms with Crippen LogP contribution in [-0.4, -0.2) is 13.1 Å². The van der Waals surface area contributed by atoms with E-state index in [4.69, 9.17) is 0 Å². The van der Waals surface area contributed by atoms with E-state index in [1.807, 2.05) is 30.3 Å². The van der Waals surface area contributed by atoms with Gasteiger partial charge >= 0.3 is 0 Å². The second kappa shape index (κ2) is 4.93. The van der Waals surface area contributed by atoms with Gasteiger partial charge in [-0.05, 0) is 5.56 Å². The molecule has 0 radical (unpaired) electrons. The zero-order valence-corrected chi connectivity index (χ0v) is 8.03. The van der Waals surface area contributed by atoms with Crippen molar-refractivity contribution in [1.29, 1.82) is 0 Å². The lowest BCUT2D eigenvalue weighted by molar-refractivity contribution is -0.128. The van der Waals surface area contributed by atoms with Gasteiger partial charge in [-0.2, -0.15) is 0 Å². The molecular formula is C9H9BrO2. The molecule has 3 heteroatoms. The third kappa shape index (κ3) is 2.66. The molecule has 12 heavy (non-hydrogen) atoms. The molecule has 0 aromatic heterocycles. The average Bonchev–Trinajstić information content (AvgIpc) is 2.15. The van der Waals surface area contributed by atoms with E-state index in [1.165, 1.54) is 0 Å². The van der Waals surface area contributed by atoms with Gasteiger partial charge in [0.25, 0.3) is 6.47 Å². The predicted octanol–water partition coefficient (Wildman–Crippen LogP) is 2.30. The van der Waals surface area contributed by atoms with Crippen LogP contribution in [0.2, 0.25) is 0 Å². The van der Waals surface area contributed by atoms with E-state index in [0.717, 1.165) is 5.56 Å². The molecule has 1 aromatic rings. The van der Waals surface area contributed by atoms with Crippen LogP contribution >= 0.6 is 15.9 Å². The van der Waals surface area contributed by atoms with Crippen molar-refractivity contribution in [3.05, 3.63) is 35.9 Å². The summed E-state index contributed by atoms with van der Waals surface area (Å²) in [5, 5.41) is 0. The number of carbonyl (C=O) groups is 1. The molecule has 0 fully saturated rings. The maximum atomic E-state index is 9.90. The lowest BCUT2D eigenvalue weighted by atomic mass is 10.2. The molecule has 0 N–H and O–H groups in total. The van der Waals surface area contributed by atoms with Crippen LogP contribution in [0.15, 0.2) is 30.3 Å². The van der Waals surface area contributed by atoms with Crippen molar-refractivity contribution >= 4 is 22.4 Å². The molecule has 0 unspecified atom stereocenters. The zero-order chi connectivity index (χ0) is 8.81. The number of alkyl halides is 1. The molecule has 0 saturated carbocycles. The maximum absolute atomic E-state index is 9.90. The lowest BCUT2D eigenvalue weighted by Gasteiger charge is -2.07. The normalized spacial score (nSPS) is 12.1. The van der Waals surface area contributed by atoms with Crippen LogP contribution < -0.4 is 0 Å². The van der Waals surface area contributed by atoms with Crippen molar-refractivity contribution in [3.63, 3.8) is 0 Å². The van der Waals surface area contributed by atoms with Gasteiger partial charge in [0.15, 0.2) is 0 Å². The van der Waals surface area contributed by atoms with E-state index in [0.29, 0.717) is 13.1 Å². The van der Waals surface area contributed by atoms with Crippen molar-refractivity contribution in [2.75, 3.05) is 6.61 Å². The quantitative estimate of drug-likeness (QED) is 0.584. The fourth-order valence-corrected chi connectivity index (χ4v) is 1.34. The molecule has 1 rings (SSSR count). The van der Waals surface area contributed by atoms with E-state index < -0.39 is 0 Å². The van der Waals surface area contributed by atoms with E-state index in [9.17, 15) is 4.79 Å². The molecule has 0 aliphatic carbocycles. The van der Waals surface area contributed by atoms with E-state index in [1.54, 1.807) is 0 Å². The summed E-state index contributed by atoms with van der Waals surface area (Å²) in [6, 6.07) is 9.81. The van der Waals surface area contributed by atoms with Crippen molar-refractivity contribution in [1.82, 2.24) is 0 Å². The molecule has 0 bridgehead atoms. The van der Waals surface area contributed by atoms with Crippen molar-refractivity contribution in [2.45, 2.75) is 4.83 Å². The van der Waals surface area contributed by atoms with Crippen LogP contribution in [0, 0.1) is 0 Å². The first-order valence-electron chi connectivity index (χ1n) is 3.59. The van der Waals surface area contributed by atoms with E-state index in [2.05, 4.69) is 20.7 Å². The Morgan fingerprint density at radius 2 is 2.08 bits per heavy atom.